The van der Waals surface area contributed by atoms with Crippen molar-refractivity contribution in [3.63, 3.8) is 0 Å². The Hall–Kier alpha value is -2.30. The first-order valence-corrected chi connectivity index (χ1v) is 7.16. The number of nitrogens with one attached hydrogen (secondary N) is 2. The van der Waals surface area contributed by atoms with Crippen molar-refractivity contribution in [1.29, 1.82) is 0 Å². The summed E-state index contributed by atoms with van der Waals surface area (Å²) in [6, 6.07) is 7.96. The van der Waals surface area contributed by atoms with Crippen molar-refractivity contribution in [2.45, 2.75) is 39.2 Å². The number of hydrogen-bond acceptors (Lipinski definition) is 3. The van der Waals surface area contributed by atoms with Crippen LogP contribution in [0.2, 0.25) is 0 Å². The Morgan fingerprint density at radius 1 is 1.29 bits per heavy atom. The molecule has 1 atom stereocenters. The van der Waals surface area contributed by atoms with E-state index in [1.807, 2.05) is 45.0 Å². The van der Waals surface area contributed by atoms with E-state index in [0.29, 0.717) is 12.2 Å². The van der Waals surface area contributed by atoms with Crippen LogP contribution < -0.4 is 10.1 Å². The summed E-state index contributed by atoms with van der Waals surface area (Å²) in [5.41, 5.74) is 3.18. The van der Waals surface area contributed by atoms with Crippen molar-refractivity contribution in [2.24, 2.45) is 0 Å². The number of nitrogens with zero attached hydrogens (tertiary/aromatic N) is 1. The summed E-state index contributed by atoms with van der Waals surface area (Å²) >= 11 is 0. The summed E-state index contributed by atoms with van der Waals surface area (Å²) in [7, 11) is 0. The molecule has 0 bridgehead atoms. The molecule has 2 heterocycles. The predicted octanol–water partition coefficient (Wildman–Crippen LogP) is 2.98. The third-order valence-electron chi connectivity index (χ3n) is 3.64. The minimum atomic E-state index is 0.00140. The van der Waals surface area contributed by atoms with Crippen molar-refractivity contribution in [3.8, 4) is 5.75 Å². The highest BCUT2D eigenvalue weighted by molar-refractivity contribution is 5.94. The van der Waals surface area contributed by atoms with Crippen LogP contribution >= 0.6 is 0 Å². The minimum absolute atomic E-state index is 0.00140. The molecule has 0 saturated heterocycles. The quantitative estimate of drug-likeness (QED) is 0.911. The molecule has 1 amide bonds. The Labute approximate surface area is 123 Å². The van der Waals surface area contributed by atoms with Gasteiger partial charge in [0.05, 0.1) is 6.10 Å². The zero-order valence-corrected chi connectivity index (χ0v) is 12.4. The van der Waals surface area contributed by atoms with E-state index in [-0.39, 0.29) is 17.9 Å². The molecule has 3 rings (SSSR count). The lowest BCUT2D eigenvalue weighted by Gasteiger charge is -2.23. The maximum Gasteiger partial charge on any atom is 0.226 e. The van der Waals surface area contributed by atoms with Crippen molar-refractivity contribution < 1.29 is 9.53 Å². The van der Waals surface area contributed by atoms with E-state index in [1.165, 1.54) is 0 Å². The molecule has 0 fully saturated rings. The van der Waals surface area contributed by atoms with Crippen LogP contribution in [-0.4, -0.2) is 22.2 Å². The third-order valence-corrected chi connectivity index (χ3v) is 3.64. The highest BCUT2D eigenvalue weighted by atomic mass is 16.5. The molecule has 0 saturated carbocycles. The lowest BCUT2D eigenvalue weighted by Crippen LogP contribution is -2.23. The molecule has 1 aromatic carbocycles. The second-order valence-corrected chi connectivity index (χ2v) is 5.65. The van der Waals surface area contributed by atoms with Gasteiger partial charge in [-0.05, 0) is 38.5 Å². The number of fused-ring (bicyclic) bond motifs is 1. The second-order valence-electron chi connectivity index (χ2n) is 5.65. The molecule has 2 N–H and O–H groups in total. The highest BCUT2D eigenvalue weighted by Gasteiger charge is 2.30. The number of aromatic amines is 1. The van der Waals surface area contributed by atoms with Crippen LogP contribution in [-0.2, 0) is 4.79 Å². The van der Waals surface area contributed by atoms with Crippen LogP contribution in [0.5, 0.6) is 5.75 Å². The number of H-pyrrole nitrogens is 1. The average Bonchev–Trinajstić information content (AvgIpc) is 2.79. The molecule has 2 aromatic rings. The van der Waals surface area contributed by atoms with Gasteiger partial charge in [-0.15, -0.1) is 0 Å². The Morgan fingerprint density at radius 3 is 2.67 bits per heavy atom. The van der Waals surface area contributed by atoms with Crippen LogP contribution in [0.25, 0.3) is 0 Å². The zero-order valence-electron chi connectivity index (χ0n) is 12.4. The van der Waals surface area contributed by atoms with Crippen LogP contribution in [0, 0.1) is 6.92 Å². The topological polar surface area (TPSA) is 67.0 Å². The molecule has 1 aliphatic heterocycles. The van der Waals surface area contributed by atoms with Crippen molar-refractivity contribution >= 4 is 11.7 Å². The summed E-state index contributed by atoms with van der Waals surface area (Å²) in [6.07, 6.45) is 0.594. The van der Waals surface area contributed by atoms with Gasteiger partial charge in [0.15, 0.2) is 5.82 Å². The lowest BCUT2D eigenvalue weighted by atomic mass is 9.86. The first-order valence-electron chi connectivity index (χ1n) is 7.16. The van der Waals surface area contributed by atoms with Crippen LogP contribution in [0.15, 0.2) is 24.3 Å². The fourth-order valence-electron chi connectivity index (χ4n) is 2.77. The monoisotopic (exact) mass is 285 g/mol. The summed E-state index contributed by atoms with van der Waals surface area (Å²) in [5, 5.41) is 9.92. The fraction of sp³-hybridized carbons (Fsp3) is 0.375. The molecule has 1 unspecified atom stereocenters. The highest BCUT2D eigenvalue weighted by Crippen LogP contribution is 2.38. The number of anilines is 1. The number of aryl methyl sites for hydroxylation is 1. The number of aromatic nitrogens is 2. The first kappa shape index (κ1) is 13.7. The van der Waals surface area contributed by atoms with E-state index in [9.17, 15) is 4.79 Å². The van der Waals surface area contributed by atoms with Gasteiger partial charge in [-0.3, -0.25) is 9.89 Å². The maximum absolute atomic E-state index is 11.8. The fourth-order valence-corrected chi connectivity index (χ4v) is 2.77. The number of benzene rings is 1. The molecule has 0 aliphatic carbocycles. The molecule has 21 heavy (non-hydrogen) atoms. The molecule has 5 heteroatoms. The molecule has 0 radical (unpaired) electrons. The third kappa shape index (κ3) is 2.63. The average molecular weight is 285 g/mol. The van der Waals surface area contributed by atoms with Crippen molar-refractivity contribution in [2.75, 3.05) is 5.32 Å². The minimum Gasteiger partial charge on any atom is -0.491 e. The number of hydrogen-bond donors (Lipinski definition) is 2. The van der Waals surface area contributed by atoms with Gasteiger partial charge in [-0.1, -0.05) is 12.1 Å². The summed E-state index contributed by atoms with van der Waals surface area (Å²) in [4.78, 5) is 11.8. The molecule has 110 valence electrons. The smallest absolute Gasteiger partial charge is 0.226 e. The van der Waals surface area contributed by atoms with E-state index < -0.39 is 0 Å². The maximum atomic E-state index is 11.8. The second kappa shape index (κ2) is 5.24. The van der Waals surface area contributed by atoms with Crippen LogP contribution in [0.1, 0.15) is 43.0 Å². The Kier molecular flexibility index (Phi) is 3.41. The van der Waals surface area contributed by atoms with E-state index in [4.69, 9.17) is 4.74 Å². The summed E-state index contributed by atoms with van der Waals surface area (Å²) < 4.78 is 5.66. The molecular weight excluding hydrogens is 266 g/mol. The standard InChI is InChI=1S/C16H19N3O2/c1-9(2)21-12-6-4-11(5-7-12)13-8-14(20)17-16-15(13)10(3)18-19-16/h4-7,9,13H,8H2,1-3H3,(H2,17,18,19,20). The van der Waals surface area contributed by atoms with Crippen LogP contribution in [0.4, 0.5) is 5.82 Å². The van der Waals surface area contributed by atoms with Gasteiger partial charge in [-0.2, -0.15) is 5.10 Å². The van der Waals surface area contributed by atoms with Crippen molar-refractivity contribution in [1.82, 2.24) is 10.2 Å². The normalized spacial score (nSPS) is 17.5. The van der Waals surface area contributed by atoms with Crippen molar-refractivity contribution in [3.05, 3.63) is 41.1 Å². The molecule has 0 spiro atoms. The van der Waals surface area contributed by atoms with Crippen LogP contribution in [0.3, 0.4) is 0 Å². The molecule has 5 nitrogen and oxygen atoms in total. The van der Waals surface area contributed by atoms with Gasteiger partial charge < -0.3 is 10.1 Å². The van der Waals surface area contributed by atoms with Gasteiger partial charge in [-0.25, -0.2) is 0 Å². The number of rotatable bonds is 3. The molecule has 1 aliphatic rings. The molecule has 1 aromatic heterocycles. The summed E-state index contributed by atoms with van der Waals surface area (Å²) in [5.74, 6) is 1.54. The van der Waals surface area contributed by atoms with Gasteiger partial charge in [0.2, 0.25) is 5.91 Å². The molecular formula is C16H19N3O2. The Balaban J connectivity index is 1.93. The largest absolute Gasteiger partial charge is 0.491 e. The zero-order chi connectivity index (χ0) is 15.0. The van der Waals surface area contributed by atoms with E-state index in [1.54, 1.807) is 0 Å². The van der Waals surface area contributed by atoms with Gasteiger partial charge in [0.1, 0.15) is 5.75 Å². The van der Waals surface area contributed by atoms with Gasteiger partial charge in [0.25, 0.3) is 0 Å². The lowest BCUT2D eigenvalue weighted by molar-refractivity contribution is -0.116. The Bertz CT molecular complexity index is 659. The number of carbonyl (C=O) groups excluding carboxylic acids is 1. The Morgan fingerprint density at radius 2 is 2.00 bits per heavy atom. The number of amides is 1. The van der Waals surface area contributed by atoms with Gasteiger partial charge >= 0.3 is 0 Å². The SMILES string of the molecule is Cc1[nH]nc2c1C(c1ccc(OC(C)C)cc1)CC(=O)N2. The first-order chi connectivity index (χ1) is 10.0. The predicted molar refractivity (Wildman–Crippen MR) is 80.6 cm³/mol. The number of carbonyl (C=O) groups is 1. The number of ether oxygens (including phenoxy) is 1. The van der Waals surface area contributed by atoms with E-state index in [2.05, 4.69) is 15.5 Å². The van der Waals surface area contributed by atoms with E-state index in [0.717, 1.165) is 22.6 Å². The van der Waals surface area contributed by atoms with E-state index >= 15 is 0 Å². The van der Waals surface area contributed by atoms with Gasteiger partial charge in [0, 0.05) is 23.6 Å². The summed E-state index contributed by atoms with van der Waals surface area (Å²) in [6.45, 7) is 5.98.